The highest BCUT2D eigenvalue weighted by Crippen LogP contribution is 2.19. The van der Waals surface area contributed by atoms with Crippen molar-refractivity contribution in [1.82, 2.24) is 0 Å². The van der Waals surface area contributed by atoms with Gasteiger partial charge in [-0.25, -0.2) is 0 Å². The van der Waals surface area contributed by atoms with E-state index in [1.54, 1.807) is 12.2 Å². The van der Waals surface area contributed by atoms with Gasteiger partial charge in [-0.1, -0.05) is 12.2 Å². The fourth-order valence-corrected chi connectivity index (χ4v) is 1.93. The van der Waals surface area contributed by atoms with E-state index in [2.05, 4.69) is 20.7 Å². The van der Waals surface area contributed by atoms with Crippen molar-refractivity contribution in [3.63, 3.8) is 0 Å². The molecule has 1 aromatic rings. The number of rotatable bonds is 7. The van der Waals surface area contributed by atoms with E-state index in [0.29, 0.717) is 25.3 Å². The molecule has 0 amide bonds. The SMILES string of the molecule is CC(=O)OCCNc1ccc(N=NC2C=CC(N=O)=CC2)cc1. The van der Waals surface area contributed by atoms with Crippen LogP contribution in [0, 0.1) is 4.91 Å². The number of ether oxygens (including phenoxy) is 1. The molecule has 7 heteroatoms. The van der Waals surface area contributed by atoms with Crippen LogP contribution in [-0.4, -0.2) is 25.2 Å². The van der Waals surface area contributed by atoms with Crippen molar-refractivity contribution >= 4 is 17.3 Å². The van der Waals surface area contributed by atoms with Crippen LogP contribution in [0.4, 0.5) is 11.4 Å². The quantitative estimate of drug-likeness (QED) is 0.359. The number of esters is 1. The van der Waals surface area contributed by atoms with Crippen molar-refractivity contribution in [3.05, 3.63) is 53.1 Å². The van der Waals surface area contributed by atoms with Crippen LogP contribution in [0.3, 0.4) is 0 Å². The van der Waals surface area contributed by atoms with Gasteiger partial charge in [0.2, 0.25) is 0 Å². The third-order valence-corrected chi connectivity index (χ3v) is 3.09. The summed E-state index contributed by atoms with van der Waals surface area (Å²) in [6, 6.07) is 7.39. The molecule has 1 unspecified atom stereocenters. The van der Waals surface area contributed by atoms with E-state index in [9.17, 15) is 9.70 Å². The Labute approximate surface area is 134 Å². The van der Waals surface area contributed by atoms with E-state index in [0.717, 1.165) is 11.4 Å². The highest BCUT2D eigenvalue weighted by Gasteiger charge is 2.07. The van der Waals surface area contributed by atoms with E-state index in [1.807, 2.05) is 30.3 Å². The van der Waals surface area contributed by atoms with E-state index in [4.69, 9.17) is 4.74 Å². The summed E-state index contributed by atoms with van der Waals surface area (Å²) in [5.41, 5.74) is 2.09. The van der Waals surface area contributed by atoms with Crippen LogP contribution in [0.2, 0.25) is 0 Å². The molecule has 0 aromatic heterocycles. The first-order valence-electron chi connectivity index (χ1n) is 7.27. The number of hydrogen-bond donors (Lipinski definition) is 1. The Balaban J connectivity index is 1.80. The minimum atomic E-state index is -0.287. The molecule has 1 aliphatic carbocycles. The number of hydrogen-bond acceptors (Lipinski definition) is 7. The number of benzene rings is 1. The van der Waals surface area contributed by atoms with Gasteiger partial charge in [-0.2, -0.15) is 10.2 Å². The predicted molar refractivity (Wildman–Crippen MR) is 87.5 cm³/mol. The van der Waals surface area contributed by atoms with Crippen LogP contribution in [0.15, 0.2) is 63.6 Å². The Morgan fingerprint density at radius 3 is 2.74 bits per heavy atom. The number of nitrogens with one attached hydrogen (secondary N) is 1. The minimum Gasteiger partial charge on any atom is -0.464 e. The molecule has 0 aliphatic heterocycles. The maximum absolute atomic E-state index is 10.6. The van der Waals surface area contributed by atoms with Crippen LogP contribution < -0.4 is 5.32 Å². The van der Waals surface area contributed by atoms with Gasteiger partial charge >= 0.3 is 5.97 Å². The van der Waals surface area contributed by atoms with E-state index >= 15 is 0 Å². The van der Waals surface area contributed by atoms with Crippen LogP contribution in [0.1, 0.15) is 13.3 Å². The standard InChI is InChI=1S/C16H18N4O3/c1-12(21)23-11-10-17-13-2-4-14(5-3-13)18-19-15-6-8-16(20-22)9-7-15/h2-6,8-9,15,17H,7,10-11H2,1H3. The largest absolute Gasteiger partial charge is 0.464 e. The van der Waals surface area contributed by atoms with Crippen molar-refractivity contribution in [2.75, 3.05) is 18.5 Å². The number of azo groups is 1. The molecule has 0 fully saturated rings. The lowest BCUT2D eigenvalue weighted by atomic mass is 10.1. The summed E-state index contributed by atoms with van der Waals surface area (Å²) in [6.45, 7) is 2.26. The lowest BCUT2D eigenvalue weighted by Gasteiger charge is -2.08. The van der Waals surface area contributed by atoms with Gasteiger partial charge in [0.15, 0.2) is 0 Å². The molecule has 0 bridgehead atoms. The average molecular weight is 314 g/mol. The first-order valence-corrected chi connectivity index (χ1v) is 7.27. The van der Waals surface area contributed by atoms with Gasteiger partial charge in [0, 0.05) is 19.2 Å². The highest BCUT2D eigenvalue weighted by molar-refractivity contribution is 5.65. The molecule has 2 rings (SSSR count). The van der Waals surface area contributed by atoms with Gasteiger partial charge in [-0.05, 0) is 41.9 Å². The smallest absolute Gasteiger partial charge is 0.302 e. The summed E-state index contributed by atoms with van der Waals surface area (Å²) < 4.78 is 4.84. The molecule has 120 valence electrons. The summed E-state index contributed by atoms with van der Waals surface area (Å²) >= 11 is 0. The first kappa shape index (κ1) is 16.5. The zero-order valence-corrected chi connectivity index (χ0v) is 12.8. The van der Waals surface area contributed by atoms with Crippen LogP contribution in [-0.2, 0) is 9.53 Å². The fourth-order valence-electron chi connectivity index (χ4n) is 1.93. The van der Waals surface area contributed by atoms with Crippen molar-refractivity contribution < 1.29 is 9.53 Å². The van der Waals surface area contributed by atoms with Gasteiger partial charge in [-0.15, -0.1) is 4.91 Å². The molecule has 7 nitrogen and oxygen atoms in total. The van der Waals surface area contributed by atoms with Crippen molar-refractivity contribution in [3.8, 4) is 0 Å². The van der Waals surface area contributed by atoms with E-state index < -0.39 is 0 Å². The molecular weight excluding hydrogens is 296 g/mol. The maximum Gasteiger partial charge on any atom is 0.302 e. The Kier molecular flexibility index (Phi) is 6.17. The predicted octanol–water partition coefficient (Wildman–Crippen LogP) is 3.72. The fraction of sp³-hybridized carbons (Fsp3) is 0.312. The van der Waals surface area contributed by atoms with Gasteiger partial charge in [0.1, 0.15) is 12.3 Å². The van der Waals surface area contributed by atoms with Crippen LogP contribution in [0.25, 0.3) is 0 Å². The Bertz CT molecular complexity index is 635. The average Bonchev–Trinajstić information content (AvgIpc) is 2.58. The van der Waals surface area contributed by atoms with Crippen molar-refractivity contribution in [2.45, 2.75) is 19.4 Å². The Morgan fingerprint density at radius 2 is 2.13 bits per heavy atom. The second kappa shape index (κ2) is 8.57. The molecule has 1 aliphatic rings. The third-order valence-electron chi connectivity index (χ3n) is 3.09. The van der Waals surface area contributed by atoms with Crippen LogP contribution in [0.5, 0.6) is 0 Å². The number of carbonyl (C=O) groups excluding carboxylic acids is 1. The summed E-state index contributed by atoms with van der Waals surface area (Å²) in [5.74, 6) is -0.287. The number of carbonyl (C=O) groups is 1. The molecule has 1 N–H and O–H groups in total. The number of allylic oxidation sites excluding steroid dienone is 1. The lowest BCUT2D eigenvalue weighted by Crippen LogP contribution is -2.11. The molecule has 0 spiro atoms. The number of anilines is 1. The molecule has 0 radical (unpaired) electrons. The van der Waals surface area contributed by atoms with Crippen molar-refractivity contribution in [2.24, 2.45) is 15.4 Å². The molecule has 1 atom stereocenters. The molecule has 1 aromatic carbocycles. The highest BCUT2D eigenvalue weighted by atomic mass is 16.5. The zero-order chi connectivity index (χ0) is 16.5. The van der Waals surface area contributed by atoms with Gasteiger partial charge < -0.3 is 10.1 Å². The topological polar surface area (TPSA) is 92.5 Å². The zero-order valence-electron chi connectivity index (χ0n) is 12.8. The second-order valence-electron chi connectivity index (χ2n) is 4.91. The summed E-state index contributed by atoms with van der Waals surface area (Å²) in [5, 5.41) is 14.4. The minimum absolute atomic E-state index is 0.0676. The lowest BCUT2D eigenvalue weighted by molar-refractivity contribution is -0.140. The summed E-state index contributed by atoms with van der Waals surface area (Å²) in [6.07, 6.45) is 5.82. The maximum atomic E-state index is 10.6. The second-order valence-corrected chi connectivity index (χ2v) is 4.91. The summed E-state index contributed by atoms with van der Waals surface area (Å²) in [4.78, 5) is 21.0. The molecule has 0 saturated heterocycles. The molecule has 0 saturated carbocycles. The van der Waals surface area contributed by atoms with Gasteiger partial charge in [0.25, 0.3) is 0 Å². The van der Waals surface area contributed by atoms with E-state index in [1.165, 1.54) is 6.92 Å². The first-order chi connectivity index (χ1) is 11.2. The van der Waals surface area contributed by atoms with E-state index in [-0.39, 0.29) is 12.0 Å². The molecular formula is C16H18N4O3. The van der Waals surface area contributed by atoms with Gasteiger partial charge in [0.05, 0.1) is 11.7 Å². The third kappa shape index (κ3) is 5.82. The Hall–Kier alpha value is -2.83. The number of nitrogens with zero attached hydrogens (tertiary/aromatic N) is 3. The molecule has 0 heterocycles. The normalized spacial score (nSPS) is 16.9. The van der Waals surface area contributed by atoms with Crippen molar-refractivity contribution in [1.29, 1.82) is 0 Å². The van der Waals surface area contributed by atoms with Crippen LogP contribution >= 0.6 is 0 Å². The number of nitroso groups, excluding NO2 is 1. The Morgan fingerprint density at radius 1 is 1.35 bits per heavy atom. The van der Waals surface area contributed by atoms with Gasteiger partial charge in [-0.3, -0.25) is 4.79 Å². The summed E-state index contributed by atoms with van der Waals surface area (Å²) in [7, 11) is 0. The molecule has 23 heavy (non-hydrogen) atoms. The monoisotopic (exact) mass is 314 g/mol.